The van der Waals surface area contributed by atoms with E-state index in [1.54, 1.807) is 0 Å². The summed E-state index contributed by atoms with van der Waals surface area (Å²) in [5.41, 5.74) is 0.309. The summed E-state index contributed by atoms with van der Waals surface area (Å²) < 4.78 is 20.2. The Kier molecular flexibility index (Phi) is 11.2. The van der Waals surface area contributed by atoms with Gasteiger partial charge in [-0.15, -0.1) is 11.8 Å². The lowest BCUT2D eigenvalue weighted by molar-refractivity contribution is -0.197. The number of nitrogens with one attached hydrogen (secondary N) is 1. The largest absolute Gasteiger partial charge is 0.457 e. The Balaban J connectivity index is 2.09. The molecule has 1 fully saturated rings. The Bertz CT molecular complexity index is 738. The molecule has 1 heterocycles. The Labute approximate surface area is 206 Å². The normalized spacial score (nSPS) is 25.8. The number of benzene rings is 1. The van der Waals surface area contributed by atoms with Gasteiger partial charge in [-0.25, -0.2) is 4.79 Å². The summed E-state index contributed by atoms with van der Waals surface area (Å²) in [7, 11) is 0. The highest BCUT2D eigenvalue weighted by atomic mass is 35.6. The van der Waals surface area contributed by atoms with Crippen molar-refractivity contribution in [2.45, 2.75) is 54.0 Å². The van der Waals surface area contributed by atoms with Crippen molar-refractivity contribution >= 4 is 58.6 Å². The van der Waals surface area contributed by atoms with Gasteiger partial charge in [0, 0.05) is 6.92 Å². The second-order valence-electron chi connectivity index (χ2n) is 6.93. The molecule has 8 nitrogen and oxygen atoms in total. The maximum atomic E-state index is 12.2. The van der Waals surface area contributed by atoms with Crippen molar-refractivity contribution in [1.29, 1.82) is 0 Å². The van der Waals surface area contributed by atoms with Crippen LogP contribution in [0.3, 0.4) is 0 Å². The third-order valence-corrected chi connectivity index (χ3v) is 5.75. The van der Waals surface area contributed by atoms with Crippen LogP contribution in [-0.4, -0.2) is 69.7 Å². The highest BCUT2D eigenvalue weighted by Gasteiger charge is 2.48. The number of alkyl halides is 3. The van der Waals surface area contributed by atoms with E-state index in [4.69, 9.17) is 53.8 Å². The van der Waals surface area contributed by atoms with Gasteiger partial charge in [-0.3, -0.25) is 4.79 Å². The maximum Gasteiger partial charge on any atom is 0.407 e. The van der Waals surface area contributed by atoms with Crippen molar-refractivity contribution in [2.75, 3.05) is 19.0 Å². The molecule has 0 bridgehead atoms. The number of amides is 1. The first-order valence-electron chi connectivity index (χ1n) is 9.84. The van der Waals surface area contributed by atoms with E-state index in [-0.39, 0.29) is 6.61 Å². The monoisotopic (exact) mass is 529 g/mol. The number of thioether (sulfide) groups is 1. The van der Waals surface area contributed by atoms with Crippen LogP contribution in [0.2, 0.25) is 0 Å². The lowest BCUT2D eigenvalue weighted by Crippen LogP contribution is -2.64. The Hall–Kier alpha value is -0.940. The zero-order valence-electron chi connectivity index (χ0n) is 17.5. The van der Waals surface area contributed by atoms with Gasteiger partial charge in [-0.1, -0.05) is 72.1 Å². The van der Waals surface area contributed by atoms with Crippen LogP contribution >= 0.6 is 46.6 Å². The van der Waals surface area contributed by atoms with Crippen molar-refractivity contribution in [2.24, 2.45) is 0 Å². The first-order valence-corrected chi connectivity index (χ1v) is 12.0. The summed E-state index contributed by atoms with van der Waals surface area (Å²) in [6.07, 6.45) is -4.06. The van der Waals surface area contributed by atoms with E-state index in [0.717, 1.165) is 5.56 Å². The molecule has 0 radical (unpaired) electrons. The maximum absolute atomic E-state index is 12.2. The van der Waals surface area contributed by atoms with E-state index in [2.05, 4.69) is 5.32 Å². The molecule has 0 saturated carbocycles. The minimum absolute atomic E-state index is 0.0546. The van der Waals surface area contributed by atoms with Crippen LogP contribution in [0.1, 0.15) is 19.4 Å². The van der Waals surface area contributed by atoms with E-state index in [1.807, 2.05) is 37.3 Å². The number of aliphatic hydroxyl groups excluding tert-OH is 1. The SMILES string of the molecule is CCS[C@@H]1O[C@H](COCc2ccccc2)[C@@H](O)[C@H](OC(C)=O)[C@H]1NC(=O)OCC(Cl)(Cl)Cl. The molecule has 1 aromatic rings. The molecule has 1 aliphatic rings. The lowest BCUT2D eigenvalue weighted by atomic mass is 9.98. The summed E-state index contributed by atoms with van der Waals surface area (Å²) in [5, 5.41) is 13.4. The number of rotatable bonds is 9. The molecule has 0 unspecified atom stereocenters. The summed E-state index contributed by atoms with van der Waals surface area (Å²) in [6.45, 7) is 3.00. The van der Waals surface area contributed by atoms with Crippen molar-refractivity contribution in [3.63, 3.8) is 0 Å². The van der Waals surface area contributed by atoms with Crippen LogP contribution in [0.25, 0.3) is 0 Å². The number of hydrogen-bond donors (Lipinski definition) is 2. The van der Waals surface area contributed by atoms with Crippen molar-refractivity contribution < 1.29 is 33.6 Å². The zero-order chi connectivity index (χ0) is 23.7. The second kappa shape index (κ2) is 13.1. The summed E-state index contributed by atoms with van der Waals surface area (Å²) in [5.74, 6) is 0.00796. The molecule has 1 aromatic carbocycles. The van der Waals surface area contributed by atoms with Gasteiger partial charge in [0.2, 0.25) is 3.79 Å². The fourth-order valence-electron chi connectivity index (χ4n) is 3.04. The summed E-state index contributed by atoms with van der Waals surface area (Å²) >= 11 is 18.2. The predicted octanol–water partition coefficient (Wildman–Crippen LogP) is 3.44. The number of hydrogen-bond acceptors (Lipinski definition) is 8. The molecule has 12 heteroatoms. The van der Waals surface area contributed by atoms with Crippen LogP contribution in [0.5, 0.6) is 0 Å². The number of aliphatic hydroxyl groups is 1. The predicted molar refractivity (Wildman–Crippen MR) is 123 cm³/mol. The average Bonchev–Trinajstić information content (AvgIpc) is 2.72. The fourth-order valence-corrected chi connectivity index (χ4v) is 4.18. The Morgan fingerprint density at radius 3 is 2.53 bits per heavy atom. The average molecular weight is 531 g/mol. The van der Waals surface area contributed by atoms with Crippen LogP contribution < -0.4 is 5.32 Å². The van der Waals surface area contributed by atoms with Gasteiger partial charge < -0.3 is 29.4 Å². The van der Waals surface area contributed by atoms with E-state index in [9.17, 15) is 14.7 Å². The quantitative estimate of drug-likeness (QED) is 0.370. The third kappa shape index (κ3) is 9.13. The first-order chi connectivity index (χ1) is 15.1. The molecule has 1 aliphatic heterocycles. The number of esters is 1. The van der Waals surface area contributed by atoms with E-state index >= 15 is 0 Å². The number of halogens is 3. The van der Waals surface area contributed by atoms with Gasteiger partial charge in [0.1, 0.15) is 30.3 Å². The molecule has 1 saturated heterocycles. The van der Waals surface area contributed by atoms with Crippen LogP contribution in [0, 0.1) is 0 Å². The molecular weight excluding hydrogens is 505 g/mol. The molecule has 32 heavy (non-hydrogen) atoms. The molecule has 2 rings (SSSR count). The summed E-state index contributed by atoms with van der Waals surface area (Å²) in [6, 6.07) is 8.61. The fraction of sp³-hybridized carbons (Fsp3) is 0.600. The molecule has 180 valence electrons. The first kappa shape index (κ1) is 27.3. The van der Waals surface area contributed by atoms with Crippen molar-refractivity contribution in [3.05, 3.63) is 35.9 Å². The number of carbonyl (C=O) groups excluding carboxylic acids is 2. The van der Waals surface area contributed by atoms with Crippen LogP contribution in [0.4, 0.5) is 4.79 Å². The van der Waals surface area contributed by atoms with E-state index < -0.39 is 52.3 Å². The molecular formula is C20H26Cl3NO7S. The zero-order valence-corrected chi connectivity index (χ0v) is 20.6. The number of ether oxygens (including phenoxy) is 4. The summed E-state index contributed by atoms with van der Waals surface area (Å²) in [4.78, 5) is 23.9. The minimum atomic E-state index is -1.78. The standard InChI is InChI=1S/C20H26Cl3NO7S/c1-3-32-18-15(24-19(27)29-11-20(21,22)23)17(30-12(2)25)16(26)14(31-18)10-28-9-13-7-5-4-6-8-13/h4-8,14-18,26H,3,9-11H2,1-2H3,(H,24,27)/t14-,15-,16-,17-,18+/m1/s1. The van der Waals surface area contributed by atoms with Gasteiger partial charge in [0.05, 0.1) is 13.2 Å². The van der Waals surface area contributed by atoms with E-state index in [0.29, 0.717) is 12.4 Å². The van der Waals surface area contributed by atoms with Gasteiger partial charge in [-0.2, -0.15) is 0 Å². The molecule has 0 spiro atoms. The number of alkyl carbamates (subject to hydrolysis) is 1. The van der Waals surface area contributed by atoms with Crippen molar-refractivity contribution in [1.82, 2.24) is 5.32 Å². The van der Waals surface area contributed by atoms with Gasteiger partial charge in [0.15, 0.2) is 6.10 Å². The lowest BCUT2D eigenvalue weighted by Gasteiger charge is -2.43. The van der Waals surface area contributed by atoms with Gasteiger partial charge in [-0.05, 0) is 11.3 Å². The molecule has 0 aromatic heterocycles. The van der Waals surface area contributed by atoms with Gasteiger partial charge in [0.25, 0.3) is 0 Å². The van der Waals surface area contributed by atoms with Crippen LogP contribution in [-0.2, 0) is 30.3 Å². The third-order valence-electron chi connectivity index (χ3n) is 4.35. The van der Waals surface area contributed by atoms with Gasteiger partial charge >= 0.3 is 12.1 Å². The molecule has 1 amide bonds. The van der Waals surface area contributed by atoms with Crippen LogP contribution in [0.15, 0.2) is 30.3 Å². The molecule has 2 N–H and O–H groups in total. The number of carbonyl (C=O) groups is 2. The highest BCUT2D eigenvalue weighted by molar-refractivity contribution is 7.99. The highest BCUT2D eigenvalue weighted by Crippen LogP contribution is 2.31. The topological polar surface area (TPSA) is 103 Å². The minimum Gasteiger partial charge on any atom is -0.457 e. The smallest absolute Gasteiger partial charge is 0.407 e. The Morgan fingerprint density at radius 1 is 1.25 bits per heavy atom. The van der Waals surface area contributed by atoms with Crippen molar-refractivity contribution in [3.8, 4) is 0 Å². The molecule has 0 aliphatic carbocycles. The Morgan fingerprint density at radius 2 is 1.94 bits per heavy atom. The second-order valence-corrected chi connectivity index (χ2v) is 10.8. The molecule has 5 atom stereocenters. The van der Waals surface area contributed by atoms with E-state index in [1.165, 1.54) is 18.7 Å².